The van der Waals surface area contributed by atoms with Gasteiger partial charge in [-0.1, -0.05) is 41.6 Å². The maximum Gasteiger partial charge on any atom is 0.322 e. The summed E-state index contributed by atoms with van der Waals surface area (Å²) in [6.45, 7) is 6.16. The van der Waals surface area contributed by atoms with E-state index in [0.29, 0.717) is 23.8 Å². The molecule has 0 atom stereocenters. The lowest BCUT2D eigenvalue weighted by molar-refractivity contribution is -0.116. The van der Waals surface area contributed by atoms with Gasteiger partial charge < -0.3 is 24.8 Å². The molecule has 3 amide bonds. The standard InChI is InChI=1S/C24H29N5O4/c1-18-16-22(27-33-18)26-23(30)17-29(11-5-10-28-12-14-32-15-13-28)24(31)25-21-9-4-7-19-6-2-3-8-20(19)21/h2-4,6-9,16H,5,10-15,17H2,1H3,(H,25,31)(H,26,27,30). The van der Waals surface area contributed by atoms with E-state index in [1.54, 1.807) is 13.0 Å². The van der Waals surface area contributed by atoms with Gasteiger partial charge in [0.15, 0.2) is 5.82 Å². The molecule has 0 radical (unpaired) electrons. The Morgan fingerprint density at radius 3 is 2.67 bits per heavy atom. The lowest BCUT2D eigenvalue weighted by Crippen LogP contribution is -2.43. The van der Waals surface area contributed by atoms with Crippen molar-refractivity contribution in [3.8, 4) is 0 Å². The average molecular weight is 452 g/mol. The zero-order valence-electron chi connectivity index (χ0n) is 18.8. The van der Waals surface area contributed by atoms with Gasteiger partial charge in [-0.3, -0.25) is 9.69 Å². The number of ether oxygens (including phenoxy) is 1. The second-order valence-corrected chi connectivity index (χ2v) is 8.06. The van der Waals surface area contributed by atoms with Gasteiger partial charge in [-0.2, -0.15) is 0 Å². The first-order valence-corrected chi connectivity index (χ1v) is 11.2. The van der Waals surface area contributed by atoms with E-state index < -0.39 is 0 Å². The summed E-state index contributed by atoms with van der Waals surface area (Å²) in [6.07, 6.45) is 0.749. The van der Waals surface area contributed by atoms with Gasteiger partial charge in [0.25, 0.3) is 0 Å². The number of carbonyl (C=O) groups excluding carboxylic acids is 2. The molecule has 1 aliphatic rings. The summed E-state index contributed by atoms with van der Waals surface area (Å²) in [5.41, 5.74) is 0.712. The molecule has 1 fully saturated rings. The number of fused-ring (bicyclic) bond motifs is 1. The fraction of sp³-hybridized carbons (Fsp3) is 0.375. The first-order chi connectivity index (χ1) is 16.1. The van der Waals surface area contributed by atoms with Crippen molar-refractivity contribution in [2.24, 2.45) is 0 Å². The van der Waals surface area contributed by atoms with Crippen LogP contribution < -0.4 is 10.6 Å². The Balaban J connectivity index is 1.42. The van der Waals surface area contributed by atoms with Crippen molar-refractivity contribution in [2.45, 2.75) is 13.3 Å². The number of aryl methyl sites for hydroxylation is 1. The number of benzene rings is 2. The molecule has 0 spiro atoms. The van der Waals surface area contributed by atoms with Gasteiger partial charge in [0.05, 0.1) is 18.9 Å². The predicted molar refractivity (Wildman–Crippen MR) is 126 cm³/mol. The van der Waals surface area contributed by atoms with E-state index >= 15 is 0 Å². The molecule has 9 nitrogen and oxygen atoms in total. The van der Waals surface area contributed by atoms with Crippen LogP contribution in [0.5, 0.6) is 0 Å². The molecule has 2 N–H and O–H groups in total. The minimum Gasteiger partial charge on any atom is -0.379 e. The van der Waals surface area contributed by atoms with E-state index in [2.05, 4.69) is 20.7 Å². The number of amides is 3. The number of nitrogens with zero attached hydrogens (tertiary/aromatic N) is 3. The summed E-state index contributed by atoms with van der Waals surface area (Å²) in [4.78, 5) is 29.7. The van der Waals surface area contributed by atoms with Crippen LogP contribution in [0.15, 0.2) is 53.1 Å². The van der Waals surface area contributed by atoms with Crippen molar-refractivity contribution < 1.29 is 18.8 Å². The summed E-state index contributed by atoms with van der Waals surface area (Å²) in [6, 6.07) is 14.9. The van der Waals surface area contributed by atoms with Crippen LogP contribution in [0.4, 0.5) is 16.3 Å². The first kappa shape index (κ1) is 22.8. The second kappa shape index (κ2) is 10.9. The molecule has 9 heteroatoms. The Morgan fingerprint density at radius 2 is 1.88 bits per heavy atom. The van der Waals surface area contributed by atoms with Gasteiger partial charge in [-0.25, -0.2) is 4.79 Å². The molecule has 0 bridgehead atoms. The fourth-order valence-electron chi connectivity index (χ4n) is 3.87. The van der Waals surface area contributed by atoms with Crippen molar-refractivity contribution >= 4 is 34.2 Å². The van der Waals surface area contributed by atoms with Gasteiger partial charge in [0.2, 0.25) is 5.91 Å². The second-order valence-electron chi connectivity index (χ2n) is 8.06. The van der Waals surface area contributed by atoms with Crippen molar-refractivity contribution in [1.82, 2.24) is 15.0 Å². The van der Waals surface area contributed by atoms with Crippen LogP contribution in [0.2, 0.25) is 0 Å². The maximum atomic E-state index is 13.2. The van der Waals surface area contributed by atoms with Gasteiger partial charge in [0, 0.05) is 37.6 Å². The molecule has 4 rings (SSSR count). The molecule has 3 aromatic rings. The fourth-order valence-corrected chi connectivity index (χ4v) is 3.87. The van der Waals surface area contributed by atoms with Crippen LogP contribution >= 0.6 is 0 Å². The predicted octanol–water partition coefficient (Wildman–Crippen LogP) is 3.33. The van der Waals surface area contributed by atoms with Gasteiger partial charge in [0.1, 0.15) is 12.3 Å². The molecule has 1 aromatic heterocycles. The first-order valence-electron chi connectivity index (χ1n) is 11.2. The molecule has 2 aromatic carbocycles. The smallest absolute Gasteiger partial charge is 0.322 e. The highest BCUT2D eigenvalue weighted by molar-refractivity contribution is 6.03. The minimum atomic E-state index is -0.331. The summed E-state index contributed by atoms with van der Waals surface area (Å²) in [5.74, 6) is 0.601. The lowest BCUT2D eigenvalue weighted by atomic mass is 10.1. The number of morpholine rings is 1. The molecule has 1 aliphatic heterocycles. The Kier molecular flexibility index (Phi) is 7.54. The van der Waals surface area contributed by atoms with Crippen LogP contribution in [-0.2, 0) is 9.53 Å². The molecular formula is C24H29N5O4. The number of nitrogens with one attached hydrogen (secondary N) is 2. The summed E-state index contributed by atoms with van der Waals surface area (Å²) < 4.78 is 10.4. The van der Waals surface area contributed by atoms with Crippen molar-refractivity contribution in [3.63, 3.8) is 0 Å². The quantitative estimate of drug-likeness (QED) is 0.545. The van der Waals surface area contributed by atoms with E-state index in [-0.39, 0.29) is 18.5 Å². The molecule has 0 unspecified atom stereocenters. The molecule has 0 aliphatic carbocycles. The van der Waals surface area contributed by atoms with E-state index in [4.69, 9.17) is 9.26 Å². The van der Waals surface area contributed by atoms with Crippen LogP contribution in [0.1, 0.15) is 12.2 Å². The lowest BCUT2D eigenvalue weighted by Gasteiger charge is -2.28. The summed E-state index contributed by atoms with van der Waals surface area (Å²) in [5, 5.41) is 11.4. The number of rotatable bonds is 8. The van der Waals surface area contributed by atoms with Crippen LogP contribution in [-0.4, -0.2) is 72.8 Å². The third kappa shape index (κ3) is 6.30. The van der Waals surface area contributed by atoms with Crippen LogP contribution in [0, 0.1) is 6.92 Å². The Labute approximate surface area is 192 Å². The molecule has 2 heterocycles. The zero-order valence-corrected chi connectivity index (χ0v) is 18.8. The summed E-state index contributed by atoms with van der Waals surface area (Å²) >= 11 is 0. The monoisotopic (exact) mass is 451 g/mol. The molecule has 33 heavy (non-hydrogen) atoms. The molecule has 174 valence electrons. The number of anilines is 2. The number of carbonyl (C=O) groups is 2. The molecular weight excluding hydrogens is 422 g/mol. The zero-order chi connectivity index (χ0) is 23.0. The highest BCUT2D eigenvalue weighted by atomic mass is 16.5. The SMILES string of the molecule is Cc1cc(NC(=O)CN(CCCN2CCOCC2)C(=O)Nc2cccc3ccccc23)no1. The number of urea groups is 1. The van der Waals surface area contributed by atoms with E-state index in [1.807, 2.05) is 42.5 Å². The van der Waals surface area contributed by atoms with E-state index in [0.717, 1.165) is 50.0 Å². The minimum absolute atomic E-state index is 0.0916. The molecule has 1 saturated heterocycles. The number of hydrogen-bond donors (Lipinski definition) is 2. The van der Waals surface area contributed by atoms with E-state index in [1.165, 1.54) is 4.90 Å². The van der Waals surface area contributed by atoms with Crippen LogP contribution in [0.25, 0.3) is 10.8 Å². The third-order valence-electron chi connectivity index (χ3n) is 5.55. The Bertz CT molecular complexity index is 1090. The normalized spacial score (nSPS) is 14.2. The van der Waals surface area contributed by atoms with Gasteiger partial charge in [-0.15, -0.1) is 0 Å². The molecule has 0 saturated carbocycles. The topological polar surface area (TPSA) is 99.9 Å². The number of hydrogen-bond acceptors (Lipinski definition) is 6. The van der Waals surface area contributed by atoms with Gasteiger partial charge in [-0.05, 0) is 24.8 Å². The Morgan fingerprint density at radius 1 is 1.09 bits per heavy atom. The maximum absolute atomic E-state index is 13.2. The van der Waals surface area contributed by atoms with Crippen molar-refractivity contribution in [1.29, 1.82) is 0 Å². The number of aromatic nitrogens is 1. The van der Waals surface area contributed by atoms with Crippen molar-refractivity contribution in [3.05, 3.63) is 54.3 Å². The highest BCUT2D eigenvalue weighted by Crippen LogP contribution is 2.23. The summed E-state index contributed by atoms with van der Waals surface area (Å²) in [7, 11) is 0. The van der Waals surface area contributed by atoms with E-state index in [9.17, 15) is 9.59 Å². The Hall–Kier alpha value is -3.43. The van der Waals surface area contributed by atoms with Crippen molar-refractivity contribution in [2.75, 3.05) is 56.6 Å². The average Bonchev–Trinajstić information content (AvgIpc) is 3.23. The van der Waals surface area contributed by atoms with Gasteiger partial charge >= 0.3 is 6.03 Å². The van der Waals surface area contributed by atoms with Crippen LogP contribution in [0.3, 0.4) is 0 Å². The highest BCUT2D eigenvalue weighted by Gasteiger charge is 2.20. The third-order valence-corrected chi connectivity index (χ3v) is 5.55. The largest absolute Gasteiger partial charge is 0.379 e.